The maximum Gasteiger partial charge on any atom is 0.269 e. The zero-order valence-electron chi connectivity index (χ0n) is 17.2. The van der Waals surface area contributed by atoms with E-state index in [1.807, 2.05) is 52.7 Å². The van der Waals surface area contributed by atoms with Crippen molar-refractivity contribution in [3.05, 3.63) is 87.8 Å². The number of hydrogen-bond acceptors (Lipinski definition) is 6. The minimum atomic E-state index is -0.399. The summed E-state index contributed by atoms with van der Waals surface area (Å²) in [6.45, 7) is 2.51. The third kappa shape index (κ3) is 3.80. The summed E-state index contributed by atoms with van der Waals surface area (Å²) in [4.78, 5) is 33.8. The van der Waals surface area contributed by atoms with Crippen molar-refractivity contribution in [3.8, 4) is 10.6 Å². The van der Waals surface area contributed by atoms with Crippen LogP contribution in [0.5, 0.6) is 0 Å². The number of nitro benzene ring substituents is 1. The number of benzene rings is 2. The highest BCUT2D eigenvalue weighted by atomic mass is 32.1. The van der Waals surface area contributed by atoms with Crippen molar-refractivity contribution in [2.24, 2.45) is 0 Å². The third-order valence-electron chi connectivity index (χ3n) is 5.71. The third-order valence-corrected chi connectivity index (χ3v) is 6.61. The second-order valence-electron chi connectivity index (χ2n) is 7.60. The van der Waals surface area contributed by atoms with Gasteiger partial charge in [0.25, 0.3) is 11.6 Å². The molecule has 0 bridgehead atoms. The van der Waals surface area contributed by atoms with Gasteiger partial charge in [0, 0.05) is 49.4 Å². The van der Waals surface area contributed by atoms with Crippen molar-refractivity contribution >= 4 is 39.5 Å². The lowest BCUT2D eigenvalue weighted by atomic mass is 10.1. The first-order valence-electron chi connectivity index (χ1n) is 10.3. The molecule has 2 aromatic heterocycles. The van der Waals surface area contributed by atoms with Gasteiger partial charge in [0.15, 0.2) is 0 Å². The Bertz CT molecular complexity index is 1280. The summed E-state index contributed by atoms with van der Waals surface area (Å²) in [5.41, 5.74) is 3.30. The molecule has 1 aliphatic rings. The molecule has 32 heavy (non-hydrogen) atoms. The molecule has 1 aliphatic heterocycles. The van der Waals surface area contributed by atoms with Gasteiger partial charge in [0.2, 0.25) is 0 Å². The van der Waals surface area contributed by atoms with E-state index in [1.165, 1.54) is 12.1 Å². The first-order chi connectivity index (χ1) is 15.6. The zero-order chi connectivity index (χ0) is 22.1. The Morgan fingerprint density at radius 1 is 0.969 bits per heavy atom. The van der Waals surface area contributed by atoms with Crippen LogP contribution in [0.3, 0.4) is 0 Å². The van der Waals surface area contributed by atoms with E-state index in [0.29, 0.717) is 31.7 Å². The summed E-state index contributed by atoms with van der Waals surface area (Å²) in [7, 11) is 0. The first kappa shape index (κ1) is 20.1. The Hall–Kier alpha value is -3.78. The topological polar surface area (TPSA) is 79.6 Å². The van der Waals surface area contributed by atoms with Crippen molar-refractivity contribution in [3.63, 3.8) is 0 Å². The van der Waals surface area contributed by atoms with Crippen LogP contribution in [0.1, 0.15) is 10.4 Å². The summed E-state index contributed by atoms with van der Waals surface area (Å²) >= 11 is 1.61. The highest BCUT2D eigenvalue weighted by Gasteiger charge is 2.25. The number of carbonyl (C=O) groups is 1. The molecule has 0 N–H and O–H groups in total. The Balaban J connectivity index is 1.38. The van der Waals surface area contributed by atoms with Gasteiger partial charge in [-0.05, 0) is 35.7 Å². The number of anilines is 1. The number of carbonyl (C=O) groups excluding carboxylic acids is 1. The van der Waals surface area contributed by atoms with Crippen LogP contribution in [0.25, 0.3) is 21.5 Å². The van der Waals surface area contributed by atoms with Crippen LogP contribution in [0.2, 0.25) is 0 Å². The molecule has 0 spiro atoms. The summed E-state index contributed by atoms with van der Waals surface area (Å²) in [6.07, 6.45) is 0. The molecule has 0 radical (unpaired) electrons. The molecule has 4 aromatic rings. The van der Waals surface area contributed by atoms with Crippen LogP contribution in [0.15, 0.2) is 72.1 Å². The Kier molecular flexibility index (Phi) is 5.28. The molecular weight excluding hydrogens is 424 g/mol. The minimum Gasteiger partial charge on any atom is -0.368 e. The van der Waals surface area contributed by atoms with Gasteiger partial charge >= 0.3 is 0 Å². The average molecular weight is 445 g/mol. The number of amides is 1. The second-order valence-corrected chi connectivity index (χ2v) is 8.55. The van der Waals surface area contributed by atoms with Crippen molar-refractivity contribution < 1.29 is 9.72 Å². The van der Waals surface area contributed by atoms with Gasteiger partial charge < -0.3 is 9.80 Å². The molecule has 1 fully saturated rings. The average Bonchev–Trinajstić information content (AvgIpc) is 3.38. The molecule has 5 rings (SSSR count). The Morgan fingerprint density at radius 2 is 1.72 bits per heavy atom. The van der Waals surface area contributed by atoms with Crippen LogP contribution >= 0.6 is 11.3 Å². The number of piperazine rings is 1. The van der Waals surface area contributed by atoms with Crippen LogP contribution in [-0.4, -0.2) is 46.9 Å². The number of fused-ring (bicyclic) bond motifs is 1. The Labute approximate surface area is 188 Å². The lowest BCUT2D eigenvalue weighted by molar-refractivity contribution is -0.384. The highest BCUT2D eigenvalue weighted by molar-refractivity contribution is 7.13. The number of para-hydroxylation sites is 1. The van der Waals surface area contributed by atoms with Gasteiger partial charge in [0.05, 0.1) is 26.6 Å². The summed E-state index contributed by atoms with van der Waals surface area (Å²) in [6, 6.07) is 20.2. The summed E-state index contributed by atoms with van der Waals surface area (Å²) in [5, 5.41) is 13.7. The predicted octanol–water partition coefficient (Wildman–Crippen LogP) is 4.83. The molecule has 7 nitrogen and oxygen atoms in total. The number of non-ortho nitro benzene ring substituents is 1. The van der Waals surface area contributed by atoms with Crippen molar-refractivity contribution in [1.82, 2.24) is 9.88 Å². The van der Waals surface area contributed by atoms with Gasteiger partial charge in [-0.15, -0.1) is 11.3 Å². The number of nitro groups is 1. The fraction of sp³-hybridized carbons (Fsp3) is 0.167. The summed E-state index contributed by atoms with van der Waals surface area (Å²) in [5.74, 6) is 0.00440. The molecule has 1 saturated heterocycles. The van der Waals surface area contributed by atoms with Gasteiger partial charge in [-0.1, -0.05) is 24.3 Å². The van der Waals surface area contributed by atoms with Crippen LogP contribution in [0.4, 0.5) is 11.4 Å². The molecule has 3 heterocycles. The lowest BCUT2D eigenvalue weighted by Gasteiger charge is -2.36. The zero-order valence-corrected chi connectivity index (χ0v) is 18.0. The standard InChI is InChI=1S/C24H20N4O3S/c29-24(27-13-11-26(12-14-27)17-7-9-18(10-8-17)28(30)31)20-16-22(23-6-3-15-32-23)25-21-5-2-1-4-19(20)21/h1-10,15-16H,11-14H2. The molecule has 0 saturated carbocycles. The molecule has 2 aromatic carbocycles. The van der Waals surface area contributed by atoms with Crippen molar-refractivity contribution in [2.75, 3.05) is 31.1 Å². The first-order valence-corrected chi connectivity index (χ1v) is 11.2. The minimum absolute atomic E-state index is 0.00440. The smallest absolute Gasteiger partial charge is 0.269 e. The van der Waals surface area contributed by atoms with E-state index >= 15 is 0 Å². The van der Waals surface area contributed by atoms with E-state index in [2.05, 4.69) is 4.90 Å². The normalized spacial score (nSPS) is 14.0. The maximum absolute atomic E-state index is 13.5. The monoisotopic (exact) mass is 444 g/mol. The van der Waals surface area contributed by atoms with Crippen LogP contribution in [-0.2, 0) is 0 Å². The fourth-order valence-electron chi connectivity index (χ4n) is 4.03. The number of aromatic nitrogens is 1. The van der Waals surface area contributed by atoms with E-state index in [-0.39, 0.29) is 11.6 Å². The Morgan fingerprint density at radius 3 is 2.41 bits per heavy atom. The maximum atomic E-state index is 13.5. The molecule has 0 aliphatic carbocycles. The van der Waals surface area contributed by atoms with Crippen LogP contribution < -0.4 is 4.90 Å². The number of pyridine rings is 1. The van der Waals surface area contributed by atoms with E-state index < -0.39 is 4.92 Å². The molecule has 0 atom stereocenters. The van der Waals surface area contributed by atoms with E-state index in [1.54, 1.807) is 23.5 Å². The van der Waals surface area contributed by atoms with Crippen LogP contribution in [0, 0.1) is 10.1 Å². The van der Waals surface area contributed by atoms with E-state index in [4.69, 9.17) is 4.98 Å². The van der Waals surface area contributed by atoms with Crippen molar-refractivity contribution in [1.29, 1.82) is 0 Å². The number of thiophene rings is 1. The molecule has 0 unspecified atom stereocenters. The molecule has 8 heteroatoms. The fourth-order valence-corrected chi connectivity index (χ4v) is 4.71. The van der Waals surface area contributed by atoms with Crippen molar-refractivity contribution in [2.45, 2.75) is 0 Å². The number of rotatable bonds is 4. The quantitative estimate of drug-likeness (QED) is 0.333. The van der Waals surface area contributed by atoms with Gasteiger partial charge in [0.1, 0.15) is 0 Å². The largest absolute Gasteiger partial charge is 0.368 e. The molecule has 1 amide bonds. The van der Waals surface area contributed by atoms with Gasteiger partial charge in [-0.2, -0.15) is 0 Å². The predicted molar refractivity (Wildman–Crippen MR) is 126 cm³/mol. The molecular formula is C24H20N4O3S. The van der Waals surface area contributed by atoms with E-state index in [9.17, 15) is 14.9 Å². The SMILES string of the molecule is O=C(c1cc(-c2cccs2)nc2ccccc12)N1CCN(c2ccc([N+](=O)[O-])cc2)CC1. The molecule has 160 valence electrons. The summed E-state index contributed by atoms with van der Waals surface area (Å²) < 4.78 is 0. The van der Waals surface area contributed by atoms with E-state index in [0.717, 1.165) is 27.2 Å². The number of nitrogens with zero attached hydrogens (tertiary/aromatic N) is 4. The van der Waals surface area contributed by atoms with Gasteiger partial charge in [-0.25, -0.2) is 4.98 Å². The lowest BCUT2D eigenvalue weighted by Crippen LogP contribution is -2.48. The number of hydrogen-bond donors (Lipinski definition) is 0. The van der Waals surface area contributed by atoms with Gasteiger partial charge in [-0.3, -0.25) is 14.9 Å². The second kappa shape index (κ2) is 8.39. The highest BCUT2D eigenvalue weighted by Crippen LogP contribution is 2.29.